The summed E-state index contributed by atoms with van der Waals surface area (Å²) in [5, 5.41) is 1.85. The molecule has 0 saturated carbocycles. The maximum atomic E-state index is 13.3. The van der Waals surface area contributed by atoms with Crippen LogP contribution in [0.15, 0.2) is 36.0 Å². The molecule has 3 heterocycles. The Morgan fingerprint density at radius 2 is 1.65 bits per heavy atom. The maximum absolute atomic E-state index is 13.3. The summed E-state index contributed by atoms with van der Waals surface area (Å²) in [5.41, 5.74) is 3.93. The van der Waals surface area contributed by atoms with Gasteiger partial charge in [0.1, 0.15) is 29.9 Å². The average Bonchev–Trinajstić information content (AvgIpc) is 3.81. The van der Waals surface area contributed by atoms with Crippen molar-refractivity contribution in [2.45, 2.75) is 103 Å². The lowest BCUT2D eigenvalue weighted by Crippen LogP contribution is -2.37. The van der Waals surface area contributed by atoms with E-state index in [2.05, 4.69) is 44.3 Å². The van der Waals surface area contributed by atoms with Gasteiger partial charge in [-0.1, -0.05) is 51.4 Å². The maximum Gasteiger partial charge on any atom is 0.410 e. The first-order valence-electron chi connectivity index (χ1n) is 17.7. The number of ether oxygens (including phenoxy) is 3. The Kier molecular flexibility index (Phi) is 13.7. The molecular weight excluding hydrogens is 701 g/mol. The molecule has 3 aromatic rings. The fraction of sp³-hybridized carbons (Fsp3) is 0.611. The standard InChI is InChI=1S/C36H58N6O6SSi2/c1-36(2,3)48-35(44)41-18-12-13-30(41)32-38-29(23-40(32)25-46-19-21-50(6,7)8)27-14-16-28(17-15-27)42(26-47-20-22-51(9,10)11)34-31(37-24-49-34)33(43)39(4)45-5/h14-17,23-24,30H,12-13,18-22,25-26H2,1-11H3/t30-/m0/s1. The minimum Gasteiger partial charge on any atom is -0.444 e. The summed E-state index contributed by atoms with van der Waals surface area (Å²) in [6, 6.07) is 9.94. The Bertz CT molecular complexity index is 1590. The number of carbonyl (C=O) groups is 2. The lowest BCUT2D eigenvalue weighted by molar-refractivity contribution is -0.0759. The van der Waals surface area contributed by atoms with Crippen molar-refractivity contribution in [2.75, 3.05) is 45.5 Å². The zero-order valence-corrected chi connectivity index (χ0v) is 35.3. The first kappa shape index (κ1) is 40.7. The Labute approximate surface area is 310 Å². The van der Waals surface area contributed by atoms with E-state index in [-0.39, 0.29) is 24.8 Å². The van der Waals surface area contributed by atoms with E-state index in [1.165, 1.54) is 23.5 Å². The number of carbonyl (C=O) groups excluding carboxylic acids is 2. The van der Waals surface area contributed by atoms with Gasteiger partial charge in [-0.15, -0.1) is 11.3 Å². The Hall–Kier alpha value is -3.09. The third-order valence-corrected chi connectivity index (χ3v) is 12.7. The number of rotatable bonds is 16. The van der Waals surface area contributed by atoms with Crippen LogP contribution >= 0.6 is 11.3 Å². The van der Waals surface area contributed by atoms with Gasteiger partial charge in [0.05, 0.1) is 24.4 Å². The Morgan fingerprint density at radius 1 is 1.00 bits per heavy atom. The molecule has 4 rings (SSSR count). The molecule has 0 N–H and O–H groups in total. The molecule has 282 valence electrons. The van der Waals surface area contributed by atoms with Crippen LogP contribution in [0, 0.1) is 0 Å². The van der Waals surface area contributed by atoms with E-state index in [1.54, 1.807) is 17.5 Å². The van der Waals surface area contributed by atoms with E-state index in [0.29, 0.717) is 37.2 Å². The summed E-state index contributed by atoms with van der Waals surface area (Å²) in [7, 11) is 0.459. The van der Waals surface area contributed by atoms with E-state index >= 15 is 0 Å². The molecular formula is C36H58N6O6SSi2. The molecule has 0 unspecified atom stereocenters. The third-order valence-electron chi connectivity index (χ3n) is 8.46. The molecule has 51 heavy (non-hydrogen) atoms. The molecule has 1 fully saturated rings. The number of amides is 2. The molecule has 0 spiro atoms. The van der Waals surface area contributed by atoms with Crippen LogP contribution in [0.25, 0.3) is 11.3 Å². The molecule has 0 radical (unpaired) electrons. The van der Waals surface area contributed by atoms with Crippen molar-refractivity contribution >= 4 is 50.2 Å². The van der Waals surface area contributed by atoms with Gasteiger partial charge >= 0.3 is 6.09 Å². The number of hydroxylamine groups is 2. The van der Waals surface area contributed by atoms with E-state index in [4.69, 9.17) is 24.0 Å². The molecule has 12 nitrogen and oxygen atoms in total. The summed E-state index contributed by atoms with van der Waals surface area (Å²) in [5.74, 6) is 0.452. The van der Waals surface area contributed by atoms with Crippen LogP contribution in [0.4, 0.5) is 15.5 Å². The topological polar surface area (TPSA) is 111 Å². The summed E-state index contributed by atoms with van der Waals surface area (Å²) in [6.07, 6.45) is 3.36. The van der Waals surface area contributed by atoms with Crippen molar-refractivity contribution in [1.82, 2.24) is 24.5 Å². The van der Waals surface area contributed by atoms with Gasteiger partial charge in [0, 0.05) is 60.4 Å². The van der Waals surface area contributed by atoms with E-state index < -0.39 is 21.7 Å². The molecule has 0 bridgehead atoms. The lowest BCUT2D eigenvalue weighted by Gasteiger charge is -2.28. The van der Waals surface area contributed by atoms with Crippen LogP contribution in [0.1, 0.15) is 56.0 Å². The highest BCUT2D eigenvalue weighted by atomic mass is 32.1. The van der Waals surface area contributed by atoms with Crippen molar-refractivity contribution in [2.24, 2.45) is 0 Å². The monoisotopic (exact) mass is 758 g/mol. The van der Waals surface area contributed by atoms with Gasteiger partial charge in [0.15, 0.2) is 5.69 Å². The zero-order valence-electron chi connectivity index (χ0n) is 32.4. The summed E-state index contributed by atoms with van der Waals surface area (Å²) in [6.45, 7) is 22.2. The molecule has 0 aliphatic carbocycles. The first-order valence-corrected chi connectivity index (χ1v) is 26.0. The molecule has 1 aliphatic rings. The highest BCUT2D eigenvalue weighted by Crippen LogP contribution is 2.37. The van der Waals surface area contributed by atoms with Crippen molar-refractivity contribution in [3.63, 3.8) is 0 Å². The number of benzene rings is 1. The van der Waals surface area contributed by atoms with Gasteiger partial charge in [0.2, 0.25) is 0 Å². The first-order chi connectivity index (χ1) is 23.9. The second kappa shape index (κ2) is 17.2. The predicted octanol–water partition coefficient (Wildman–Crippen LogP) is 8.47. The van der Waals surface area contributed by atoms with Gasteiger partial charge in [-0.2, -0.15) is 0 Å². The van der Waals surface area contributed by atoms with Crippen molar-refractivity contribution in [3.05, 3.63) is 47.5 Å². The predicted molar refractivity (Wildman–Crippen MR) is 209 cm³/mol. The molecule has 15 heteroatoms. The number of hydrogen-bond acceptors (Lipinski definition) is 10. The fourth-order valence-electron chi connectivity index (χ4n) is 5.46. The van der Waals surface area contributed by atoms with Gasteiger partial charge < -0.3 is 23.7 Å². The molecule has 1 atom stereocenters. The van der Waals surface area contributed by atoms with Crippen molar-refractivity contribution < 1.29 is 28.6 Å². The van der Waals surface area contributed by atoms with Crippen LogP contribution in [0.2, 0.25) is 51.4 Å². The van der Waals surface area contributed by atoms with Crippen LogP contribution in [-0.4, -0.2) is 98.9 Å². The molecule has 2 aromatic heterocycles. The van der Waals surface area contributed by atoms with E-state index in [1.807, 2.05) is 60.7 Å². The van der Waals surface area contributed by atoms with Crippen LogP contribution in [0.5, 0.6) is 0 Å². The quantitative estimate of drug-likeness (QED) is 0.0615. The molecule has 1 aromatic carbocycles. The second-order valence-corrected chi connectivity index (χ2v) is 28.5. The Balaban J connectivity index is 1.65. The number of thiazole rings is 1. The SMILES string of the molecule is CON(C)C(=O)c1ncsc1N(COCC[Si](C)(C)C)c1ccc(-c2cn(COCC[Si](C)(C)C)c([C@@H]3CCCN3C(=O)OC(C)(C)C)n2)cc1. The number of anilines is 2. The van der Waals surface area contributed by atoms with Gasteiger partial charge in [-0.25, -0.2) is 19.8 Å². The zero-order chi connectivity index (χ0) is 37.6. The second-order valence-electron chi connectivity index (χ2n) is 16.4. The number of nitrogens with zero attached hydrogens (tertiary/aromatic N) is 6. The number of aromatic nitrogens is 3. The lowest BCUT2D eigenvalue weighted by atomic mass is 10.1. The largest absolute Gasteiger partial charge is 0.444 e. The number of likely N-dealkylation sites (tertiary alicyclic amines) is 1. The van der Waals surface area contributed by atoms with Crippen LogP contribution in [0.3, 0.4) is 0 Å². The van der Waals surface area contributed by atoms with Gasteiger partial charge in [-0.05, 0) is 57.8 Å². The fourth-order valence-corrected chi connectivity index (χ4v) is 7.77. The number of imidazole rings is 1. The summed E-state index contributed by atoms with van der Waals surface area (Å²) in [4.78, 5) is 44.9. The van der Waals surface area contributed by atoms with Gasteiger partial charge in [0.25, 0.3) is 5.91 Å². The van der Waals surface area contributed by atoms with Gasteiger partial charge in [-0.3, -0.25) is 14.5 Å². The smallest absolute Gasteiger partial charge is 0.410 e. The normalized spacial score (nSPS) is 15.4. The van der Waals surface area contributed by atoms with Crippen LogP contribution in [-0.2, 0) is 25.8 Å². The summed E-state index contributed by atoms with van der Waals surface area (Å²) < 4.78 is 20.2. The summed E-state index contributed by atoms with van der Waals surface area (Å²) >= 11 is 1.38. The molecule has 2 amide bonds. The average molecular weight is 759 g/mol. The highest BCUT2D eigenvalue weighted by molar-refractivity contribution is 7.14. The molecule has 1 saturated heterocycles. The minimum absolute atomic E-state index is 0.218. The van der Waals surface area contributed by atoms with Crippen molar-refractivity contribution in [1.29, 1.82) is 0 Å². The third kappa shape index (κ3) is 11.7. The van der Waals surface area contributed by atoms with Crippen molar-refractivity contribution in [3.8, 4) is 11.3 Å². The molecule has 1 aliphatic heterocycles. The minimum atomic E-state index is -1.30. The van der Waals surface area contributed by atoms with E-state index in [0.717, 1.165) is 47.7 Å². The Morgan fingerprint density at radius 3 is 2.25 bits per heavy atom. The number of hydrogen-bond donors (Lipinski definition) is 0. The highest BCUT2D eigenvalue weighted by Gasteiger charge is 2.36. The van der Waals surface area contributed by atoms with E-state index in [9.17, 15) is 9.59 Å². The van der Waals surface area contributed by atoms with Crippen LogP contribution < -0.4 is 4.90 Å².